The van der Waals surface area contributed by atoms with Crippen LogP contribution in [0.15, 0.2) is 35.7 Å². The quantitative estimate of drug-likeness (QED) is 0.781. The molecule has 4 heteroatoms. The fourth-order valence-corrected chi connectivity index (χ4v) is 2.45. The maximum Gasteiger partial charge on any atom is 0.310 e. The zero-order chi connectivity index (χ0) is 12.3. The molecule has 0 radical (unpaired) electrons. The number of rotatable bonds is 3. The standard InChI is InChI=1S/C13H11FO2S/c1-16-13(15)7-9-6-12(17-8-9)10-4-2-3-5-11(10)14/h2-6,8H,7H2,1H3. The molecule has 2 rings (SSSR count). The molecule has 0 aliphatic heterocycles. The van der Waals surface area contributed by atoms with Crippen molar-refractivity contribution < 1.29 is 13.9 Å². The van der Waals surface area contributed by atoms with E-state index in [9.17, 15) is 9.18 Å². The molecule has 0 bridgehead atoms. The van der Waals surface area contributed by atoms with Gasteiger partial charge in [-0.15, -0.1) is 11.3 Å². The number of esters is 1. The molecule has 0 amide bonds. The molecule has 88 valence electrons. The van der Waals surface area contributed by atoms with Gasteiger partial charge in [-0.05, 0) is 23.1 Å². The second-order valence-corrected chi connectivity index (χ2v) is 4.46. The molecule has 2 aromatic rings. The van der Waals surface area contributed by atoms with E-state index in [1.165, 1.54) is 24.5 Å². The third-order valence-electron chi connectivity index (χ3n) is 2.37. The van der Waals surface area contributed by atoms with Gasteiger partial charge < -0.3 is 4.74 Å². The van der Waals surface area contributed by atoms with Crippen LogP contribution in [0.1, 0.15) is 5.56 Å². The van der Waals surface area contributed by atoms with Crippen LogP contribution in [-0.2, 0) is 16.0 Å². The first kappa shape index (κ1) is 11.8. The van der Waals surface area contributed by atoms with E-state index in [0.29, 0.717) is 5.56 Å². The molecule has 0 unspecified atom stereocenters. The van der Waals surface area contributed by atoms with Crippen molar-refractivity contribution in [1.29, 1.82) is 0 Å². The zero-order valence-corrected chi connectivity index (χ0v) is 10.1. The Labute approximate surface area is 103 Å². The van der Waals surface area contributed by atoms with Crippen LogP contribution in [0.25, 0.3) is 10.4 Å². The van der Waals surface area contributed by atoms with Crippen molar-refractivity contribution in [3.8, 4) is 10.4 Å². The number of carbonyl (C=O) groups excluding carboxylic acids is 1. The first-order chi connectivity index (χ1) is 8.20. The van der Waals surface area contributed by atoms with Crippen LogP contribution in [-0.4, -0.2) is 13.1 Å². The minimum absolute atomic E-state index is 0.224. The van der Waals surface area contributed by atoms with Crippen molar-refractivity contribution in [3.05, 3.63) is 47.1 Å². The van der Waals surface area contributed by atoms with E-state index < -0.39 is 0 Å². The Morgan fingerprint density at radius 1 is 1.41 bits per heavy atom. The van der Waals surface area contributed by atoms with Gasteiger partial charge in [0.05, 0.1) is 13.5 Å². The molecule has 0 aliphatic rings. The van der Waals surface area contributed by atoms with E-state index in [2.05, 4.69) is 4.74 Å². The van der Waals surface area contributed by atoms with Gasteiger partial charge in [0.15, 0.2) is 0 Å². The van der Waals surface area contributed by atoms with E-state index in [-0.39, 0.29) is 18.2 Å². The van der Waals surface area contributed by atoms with Gasteiger partial charge in [0.1, 0.15) is 5.82 Å². The van der Waals surface area contributed by atoms with Crippen LogP contribution in [0.5, 0.6) is 0 Å². The van der Waals surface area contributed by atoms with Crippen molar-refractivity contribution >= 4 is 17.3 Å². The van der Waals surface area contributed by atoms with Crippen LogP contribution >= 0.6 is 11.3 Å². The summed E-state index contributed by atoms with van der Waals surface area (Å²) in [5.74, 6) is -0.540. The molecule has 0 saturated heterocycles. The Balaban J connectivity index is 2.24. The molecule has 2 nitrogen and oxygen atoms in total. The number of hydrogen-bond donors (Lipinski definition) is 0. The molecule has 0 spiro atoms. The summed E-state index contributed by atoms with van der Waals surface area (Å²) >= 11 is 1.42. The third kappa shape index (κ3) is 2.71. The molecule has 1 heterocycles. The van der Waals surface area contributed by atoms with Crippen molar-refractivity contribution in [2.75, 3.05) is 7.11 Å². The minimum Gasteiger partial charge on any atom is -0.469 e. The van der Waals surface area contributed by atoms with Gasteiger partial charge in [-0.25, -0.2) is 4.39 Å². The second-order valence-electron chi connectivity index (χ2n) is 3.55. The summed E-state index contributed by atoms with van der Waals surface area (Å²) in [6.45, 7) is 0. The third-order valence-corrected chi connectivity index (χ3v) is 3.38. The summed E-state index contributed by atoms with van der Waals surface area (Å²) in [5, 5.41) is 1.85. The minimum atomic E-state index is -0.289. The number of ether oxygens (including phenoxy) is 1. The van der Waals surface area contributed by atoms with Crippen molar-refractivity contribution in [3.63, 3.8) is 0 Å². The van der Waals surface area contributed by atoms with Crippen LogP contribution in [0.3, 0.4) is 0 Å². The predicted molar refractivity (Wildman–Crippen MR) is 65.4 cm³/mol. The van der Waals surface area contributed by atoms with Crippen molar-refractivity contribution in [2.45, 2.75) is 6.42 Å². The lowest BCUT2D eigenvalue weighted by atomic mass is 10.1. The van der Waals surface area contributed by atoms with Gasteiger partial charge in [0.25, 0.3) is 0 Å². The maximum atomic E-state index is 13.5. The fourth-order valence-electron chi connectivity index (χ4n) is 1.51. The maximum absolute atomic E-state index is 13.5. The summed E-state index contributed by atoms with van der Waals surface area (Å²) in [4.78, 5) is 11.9. The summed E-state index contributed by atoms with van der Waals surface area (Å²) in [5.41, 5.74) is 1.41. The van der Waals surface area contributed by atoms with Crippen molar-refractivity contribution in [1.82, 2.24) is 0 Å². The Kier molecular flexibility index (Phi) is 3.54. The summed E-state index contributed by atoms with van der Waals surface area (Å²) < 4.78 is 18.1. The van der Waals surface area contributed by atoms with E-state index >= 15 is 0 Å². The monoisotopic (exact) mass is 250 g/mol. The number of thiophene rings is 1. The van der Waals surface area contributed by atoms with Gasteiger partial charge in [-0.3, -0.25) is 4.79 Å². The van der Waals surface area contributed by atoms with Crippen LogP contribution in [0.4, 0.5) is 4.39 Å². The summed E-state index contributed by atoms with van der Waals surface area (Å²) in [6.07, 6.45) is 0.224. The number of benzene rings is 1. The lowest BCUT2D eigenvalue weighted by molar-refractivity contribution is -0.139. The summed E-state index contributed by atoms with van der Waals surface area (Å²) in [7, 11) is 1.35. The number of carbonyl (C=O) groups is 1. The number of hydrogen-bond acceptors (Lipinski definition) is 3. The Bertz CT molecular complexity index is 534. The largest absolute Gasteiger partial charge is 0.469 e. The number of methoxy groups -OCH3 is 1. The molecule has 0 atom stereocenters. The lowest BCUT2D eigenvalue weighted by Gasteiger charge is -1.98. The molecular weight excluding hydrogens is 239 g/mol. The van der Waals surface area contributed by atoms with Gasteiger partial charge in [-0.2, -0.15) is 0 Å². The molecular formula is C13H11FO2S. The van der Waals surface area contributed by atoms with Gasteiger partial charge in [0, 0.05) is 10.4 Å². The van der Waals surface area contributed by atoms with Gasteiger partial charge in [0.2, 0.25) is 0 Å². The highest BCUT2D eigenvalue weighted by Gasteiger charge is 2.09. The average Bonchev–Trinajstić information content (AvgIpc) is 2.78. The summed E-state index contributed by atoms with van der Waals surface area (Å²) in [6, 6.07) is 8.41. The van der Waals surface area contributed by atoms with Crippen LogP contribution in [0, 0.1) is 5.82 Å². The van der Waals surface area contributed by atoms with Crippen LogP contribution in [0.2, 0.25) is 0 Å². The normalized spacial score (nSPS) is 10.2. The molecule has 0 N–H and O–H groups in total. The molecule has 0 aliphatic carbocycles. The molecule has 1 aromatic heterocycles. The Morgan fingerprint density at radius 2 is 2.18 bits per heavy atom. The average molecular weight is 250 g/mol. The van der Waals surface area contributed by atoms with E-state index in [1.54, 1.807) is 18.2 Å². The highest BCUT2D eigenvalue weighted by molar-refractivity contribution is 7.13. The second kappa shape index (κ2) is 5.10. The number of halogens is 1. The van der Waals surface area contributed by atoms with Crippen molar-refractivity contribution in [2.24, 2.45) is 0 Å². The molecule has 0 saturated carbocycles. The predicted octanol–water partition coefficient (Wildman–Crippen LogP) is 3.27. The lowest BCUT2D eigenvalue weighted by Crippen LogP contribution is -2.03. The SMILES string of the molecule is COC(=O)Cc1csc(-c2ccccc2F)c1. The van der Waals surface area contributed by atoms with E-state index in [4.69, 9.17) is 0 Å². The first-order valence-corrected chi connectivity index (χ1v) is 5.98. The molecule has 1 aromatic carbocycles. The smallest absolute Gasteiger partial charge is 0.310 e. The van der Waals surface area contributed by atoms with Gasteiger partial charge >= 0.3 is 5.97 Å². The molecule has 0 fully saturated rings. The van der Waals surface area contributed by atoms with E-state index in [1.807, 2.05) is 11.4 Å². The first-order valence-electron chi connectivity index (χ1n) is 5.10. The Hall–Kier alpha value is -1.68. The topological polar surface area (TPSA) is 26.3 Å². The van der Waals surface area contributed by atoms with E-state index in [0.717, 1.165) is 10.4 Å². The highest BCUT2D eigenvalue weighted by atomic mass is 32.1. The van der Waals surface area contributed by atoms with Crippen LogP contribution < -0.4 is 0 Å². The highest BCUT2D eigenvalue weighted by Crippen LogP contribution is 2.29. The Morgan fingerprint density at radius 3 is 2.88 bits per heavy atom. The zero-order valence-electron chi connectivity index (χ0n) is 9.27. The molecule has 17 heavy (non-hydrogen) atoms. The fraction of sp³-hybridized carbons (Fsp3) is 0.154. The van der Waals surface area contributed by atoms with Gasteiger partial charge in [-0.1, -0.05) is 18.2 Å².